The molecule has 0 aromatic carbocycles. The fraction of sp³-hybridized carbons (Fsp3) is 1.00. The highest BCUT2D eigenvalue weighted by Gasteiger charge is 2.11. The molecule has 0 rings (SSSR count). The molecular weight excluding hydrogens is 340 g/mol. The summed E-state index contributed by atoms with van der Waals surface area (Å²) in [5.41, 5.74) is 0. The van der Waals surface area contributed by atoms with Gasteiger partial charge in [-0.05, 0) is 20.8 Å². The topological polar surface area (TPSA) is 27.7 Å². The van der Waals surface area contributed by atoms with Gasteiger partial charge in [0, 0.05) is 19.8 Å². The molecule has 0 saturated heterocycles. The van der Waals surface area contributed by atoms with Crippen LogP contribution in [0.15, 0.2) is 0 Å². The molecule has 4 heteroatoms. The normalized spacial score (nSPS) is 10.8. The van der Waals surface area contributed by atoms with Crippen molar-refractivity contribution in [3.05, 3.63) is 0 Å². The maximum absolute atomic E-state index is 5.22. The molecule has 0 spiro atoms. The molecule has 0 aliphatic heterocycles. The van der Waals surface area contributed by atoms with Crippen molar-refractivity contribution in [1.29, 1.82) is 0 Å². The molecule has 0 aliphatic rings. The zero-order valence-corrected chi connectivity index (χ0v) is 20.0. The van der Waals surface area contributed by atoms with E-state index in [2.05, 4.69) is 13.8 Å². The molecule has 0 bridgehead atoms. The molecule has 0 fully saturated rings. The number of hydrogen-bond donors (Lipinski definition) is 0. The molecule has 0 unspecified atom stereocenters. The van der Waals surface area contributed by atoms with Gasteiger partial charge in [-0.2, -0.15) is 0 Å². The second kappa shape index (κ2) is 27.3. The Labute approximate surface area is 167 Å². The lowest BCUT2D eigenvalue weighted by Crippen LogP contribution is -2.27. The van der Waals surface area contributed by atoms with E-state index in [4.69, 9.17) is 13.3 Å². The van der Waals surface area contributed by atoms with Gasteiger partial charge in [0.15, 0.2) is 0 Å². The van der Waals surface area contributed by atoms with Crippen LogP contribution in [0.25, 0.3) is 0 Å². The largest absolute Gasteiger partial charge is 0.484 e. The summed E-state index contributed by atoms with van der Waals surface area (Å²) in [6.07, 6.45) is 20.4. The van der Waals surface area contributed by atoms with E-state index in [1.54, 1.807) is 0 Å². The van der Waals surface area contributed by atoms with Gasteiger partial charge in [0.1, 0.15) is 0 Å². The molecule has 160 valence electrons. The van der Waals surface area contributed by atoms with Crippen molar-refractivity contribution >= 4 is 9.53 Å². The smallest absolute Gasteiger partial charge is 0.376 e. The van der Waals surface area contributed by atoms with Gasteiger partial charge in [-0.25, -0.2) is 0 Å². The summed E-state index contributed by atoms with van der Waals surface area (Å²) in [6, 6.07) is 0. The Morgan fingerprint density at radius 2 is 0.615 bits per heavy atom. The van der Waals surface area contributed by atoms with Crippen LogP contribution in [-0.4, -0.2) is 29.3 Å². The number of unbranched alkanes of at least 4 members (excludes halogenated alkanes) is 13. The summed E-state index contributed by atoms with van der Waals surface area (Å²) in [6.45, 7) is 12.4. The molecule has 0 N–H and O–H groups in total. The lowest BCUT2D eigenvalue weighted by molar-refractivity contribution is 0.107. The summed E-state index contributed by atoms with van der Waals surface area (Å²) in [5, 5.41) is 0. The third-order valence-electron chi connectivity index (χ3n) is 4.37. The van der Waals surface area contributed by atoms with Crippen molar-refractivity contribution in [2.24, 2.45) is 0 Å². The molecule has 0 atom stereocenters. The molecule has 0 amide bonds. The van der Waals surface area contributed by atoms with Gasteiger partial charge in [0.25, 0.3) is 0 Å². The average Bonchev–Trinajstić information content (AvgIpc) is 2.64. The van der Waals surface area contributed by atoms with Gasteiger partial charge in [0.2, 0.25) is 0 Å². The summed E-state index contributed by atoms with van der Waals surface area (Å²) < 4.78 is 15.7. The van der Waals surface area contributed by atoms with E-state index in [0.29, 0.717) is 19.8 Å². The van der Waals surface area contributed by atoms with Crippen LogP contribution in [0.4, 0.5) is 0 Å². The maximum atomic E-state index is 5.22. The second-order valence-electron chi connectivity index (χ2n) is 6.90. The van der Waals surface area contributed by atoms with Crippen LogP contribution < -0.4 is 0 Å². The standard InChI is InChI=1S/C16H34.C6H16O3Si/c1-3-5-7-9-11-13-15-16-14-12-10-8-6-4-2;1-4-7-10(8-5-2)9-6-3/h3-16H2,1-2H3;10H,4-6H2,1-3H3. The minimum atomic E-state index is -1.73. The second-order valence-corrected chi connectivity index (χ2v) is 8.47. The molecule has 0 aromatic rings. The molecule has 0 radical (unpaired) electrons. The maximum Gasteiger partial charge on any atom is 0.484 e. The summed E-state index contributed by atoms with van der Waals surface area (Å²) in [4.78, 5) is 0. The van der Waals surface area contributed by atoms with Crippen LogP contribution >= 0.6 is 0 Å². The van der Waals surface area contributed by atoms with Crippen molar-refractivity contribution in [3.63, 3.8) is 0 Å². The van der Waals surface area contributed by atoms with Crippen LogP contribution in [0.1, 0.15) is 125 Å². The fourth-order valence-electron chi connectivity index (χ4n) is 2.82. The lowest BCUT2D eigenvalue weighted by atomic mass is 10.0. The minimum absolute atomic E-state index is 0.677. The first-order valence-electron chi connectivity index (χ1n) is 11.6. The molecule has 0 aromatic heterocycles. The molecule has 0 heterocycles. The molecule has 26 heavy (non-hydrogen) atoms. The van der Waals surface area contributed by atoms with Crippen molar-refractivity contribution in [2.75, 3.05) is 19.8 Å². The van der Waals surface area contributed by atoms with Crippen molar-refractivity contribution in [3.8, 4) is 0 Å². The highest BCUT2D eigenvalue weighted by Crippen LogP contribution is 2.12. The van der Waals surface area contributed by atoms with Crippen LogP contribution in [0.2, 0.25) is 0 Å². The molecule has 0 saturated carbocycles. The average molecular weight is 391 g/mol. The zero-order valence-electron chi connectivity index (χ0n) is 18.8. The van der Waals surface area contributed by atoms with Gasteiger partial charge in [-0.1, -0.05) is 104 Å². The molecule has 0 aliphatic carbocycles. The highest BCUT2D eigenvalue weighted by atomic mass is 28.3. The minimum Gasteiger partial charge on any atom is -0.376 e. The van der Waals surface area contributed by atoms with E-state index in [-0.39, 0.29) is 0 Å². The Morgan fingerprint density at radius 3 is 0.808 bits per heavy atom. The summed E-state index contributed by atoms with van der Waals surface area (Å²) >= 11 is 0. The third kappa shape index (κ3) is 26.3. The van der Waals surface area contributed by atoms with Crippen LogP contribution in [-0.2, 0) is 13.3 Å². The van der Waals surface area contributed by atoms with Crippen molar-refractivity contribution < 1.29 is 13.3 Å². The van der Waals surface area contributed by atoms with E-state index in [1.807, 2.05) is 20.8 Å². The van der Waals surface area contributed by atoms with Gasteiger partial charge in [-0.15, -0.1) is 0 Å². The van der Waals surface area contributed by atoms with Gasteiger partial charge in [0.05, 0.1) is 0 Å². The Hall–Kier alpha value is 0.0969. The number of rotatable bonds is 19. The predicted molar refractivity (Wildman–Crippen MR) is 118 cm³/mol. The van der Waals surface area contributed by atoms with Gasteiger partial charge in [-0.3, -0.25) is 0 Å². The van der Waals surface area contributed by atoms with E-state index in [0.717, 1.165) is 0 Å². The number of hydrogen-bond acceptors (Lipinski definition) is 3. The van der Waals surface area contributed by atoms with Gasteiger partial charge >= 0.3 is 9.53 Å². The van der Waals surface area contributed by atoms with E-state index in [9.17, 15) is 0 Å². The first-order valence-corrected chi connectivity index (χ1v) is 13.0. The van der Waals surface area contributed by atoms with E-state index in [1.165, 1.54) is 89.9 Å². The Balaban J connectivity index is 0. The highest BCUT2D eigenvalue weighted by molar-refractivity contribution is 6.36. The molecular formula is C22H50O3Si. The SMILES string of the molecule is CCCCCCCCCCCCCCCC.CCO[SiH](OCC)OCC. The fourth-order valence-corrected chi connectivity index (χ4v) is 3.93. The Bertz CT molecular complexity index is 199. The molecule has 3 nitrogen and oxygen atoms in total. The van der Waals surface area contributed by atoms with Crippen molar-refractivity contribution in [2.45, 2.75) is 125 Å². The Kier molecular flexibility index (Phi) is 29.7. The first kappa shape index (κ1) is 28.3. The summed E-state index contributed by atoms with van der Waals surface area (Å²) in [5.74, 6) is 0. The Morgan fingerprint density at radius 1 is 0.385 bits per heavy atom. The van der Waals surface area contributed by atoms with Crippen molar-refractivity contribution in [1.82, 2.24) is 0 Å². The van der Waals surface area contributed by atoms with Crippen LogP contribution in [0.3, 0.4) is 0 Å². The van der Waals surface area contributed by atoms with Gasteiger partial charge < -0.3 is 13.3 Å². The quantitative estimate of drug-likeness (QED) is 0.171. The van der Waals surface area contributed by atoms with E-state index >= 15 is 0 Å². The zero-order chi connectivity index (χ0) is 19.7. The lowest BCUT2D eigenvalue weighted by Gasteiger charge is -2.12. The monoisotopic (exact) mass is 390 g/mol. The third-order valence-corrected chi connectivity index (χ3v) is 6.18. The predicted octanol–water partition coefficient (Wildman–Crippen LogP) is 7.30. The van der Waals surface area contributed by atoms with Crippen LogP contribution in [0, 0.1) is 0 Å². The van der Waals surface area contributed by atoms with Crippen LogP contribution in [0.5, 0.6) is 0 Å². The first-order chi connectivity index (χ1) is 12.8. The van der Waals surface area contributed by atoms with E-state index < -0.39 is 9.53 Å². The summed E-state index contributed by atoms with van der Waals surface area (Å²) in [7, 11) is -1.73.